The number of piperidine rings is 2. The van der Waals surface area contributed by atoms with Crippen LogP contribution in [-0.4, -0.2) is 62.2 Å². The van der Waals surface area contributed by atoms with Crippen LogP contribution >= 0.6 is 0 Å². The summed E-state index contributed by atoms with van der Waals surface area (Å²) in [7, 11) is 0. The normalized spacial score (nSPS) is 25.7. The fraction of sp³-hybridized carbons (Fsp3) is 0.750. The van der Waals surface area contributed by atoms with E-state index >= 15 is 0 Å². The lowest BCUT2D eigenvalue weighted by Gasteiger charge is -2.48. The fourth-order valence-corrected chi connectivity index (χ4v) is 5.10. The molecular formula is C20H31N5O2. The first kappa shape index (κ1) is 18.6. The Morgan fingerprint density at radius 2 is 1.78 bits per heavy atom. The van der Waals surface area contributed by atoms with Gasteiger partial charge in [0, 0.05) is 36.4 Å². The van der Waals surface area contributed by atoms with E-state index in [1.165, 1.54) is 0 Å². The van der Waals surface area contributed by atoms with Crippen LogP contribution in [-0.2, 0) is 6.54 Å². The molecule has 0 spiro atoms. The van der Waals surface area contributed by atoms with Crippen molar-refractivity contribution in [1.29, 1.82) is 0 Å². The largest absolute Gasteiger partial charge is 0.393 e. The molecule has 4 heterocycles. The number of aliphatic hydroxyl groups excluding tert-OH is 1. The molecule has 1 amide bonds. The zero-order valence-electron chi connectivity index (χ0n) is 16.8. The first-order valence-electron chi connectivity index (χ1n) is 10.0. The maximum Gasteiger partial charge on any atom is 0.257 e. The minimum absolute atomic E-state index is 0.00700. The number of fused-ring (bicyclic) bond motifs is 1. The molecule has 0 radical (unpaired) electrons. The van der Waals surface area contributed by atoms with Crippen LogP contribution in [0, 0.1) is 0 Å². The highest BCUT2D eigenvalue weighted by molar-refractivity contribution is 5.97. The van der Waals surface area contributed by atoms with Crippen molar-refractivity contribution < 1.29 is 9.90 Å². The highest BCUT2D eigenvalue weighted by Crippen LogP contribution is 2.35. The molecule has 2 N–H and O–H groups in total. The van der Waals surface area contributed by atoms with Gasteiger partial charge >= 0.3 is 0 Å². The van der Waals surface area contributed by atoms with Crippen LogP contribution in [0.4, 0.5) is 5.95 Å². The van der Waals surface area contributed by atoms with Gasteiger partial charge in [-0.25, -0.2) is 9.97 Å². The smallest absolute Gasteiger partial charge is 0.257 e. The molecule has 0 unspecified atom stereocenters. The second kappa shape index (κ2) is 6.41. The average Bonchev–Trinajstić information content (AvgIpc) is 2.89. The van der Waals surface area contributed by atoms with Crippen LogP contribution in [0.5, 0.6) is 0 Å². The van der Waals surface area contributed by atoms with E-state index < -0.39 is 0 Å². The topological polar surface area (TPSA) is 81.6 Å². The Morgan fingerprint density at radius 3 is 2.41 bits per heavy atom. The molecule has 2 saturated heterocycles. The van der Waals surface area contributed by atoms with Gasteiger partial charge in [-0.3, -0.25) is 4.79 Å². The lowest BCUT2D eigenvalue weighted by molar-refractivity contribution is 0.0465. The van der Waals surface area contributed by atoms with Crippen molar-refractivity contribution in [3.8, 4) is 0 Å². The van der Waals surface area contributed by atoms with Gasteiger partial charge in [-0.1, -0.05) is 0 Å². The summed E-state index contributed by atoms with van der Waals surface area (Å²) in [6.07, 6.45) is 4.82. The summed E-state index contributed by atoms with van der Waals surface area (Å²) < 4.78 is 0. The van der Waals surface area contributed by atoms with E-state index in [1.807, 2.05) is 4.90 Å². The second-order valence-corrected chi connectivity index (χ2v) is 9.64. The fourth-order valence-electron chi connectivity index (χ4n) is 5.10. The van der Waals surface area contributed by atoms with Crippen LogP contribution in [0.15, 0.2) is 6.20 Å². The Bertz CT molecular complexity index is 724. The summed E-state index contributed by atoms with van der Waals surface area (Å²) in [5.41, 5.74) is 1.47. The summed E-state index contributed by atoms with van der Waals surface area (Å²) in [6, 6.07) is 0.200. The van der Waals surface area contributed by atoms with Crippen LogP contribution in [0.1, 0.15) is 69.4 Å². The number of nitrogens with zero attached hydrogens (tertiary/aromatic N) is 4. The van der Waals surface area contributed by atoms with E-state index in [1.54, 1.807) is 6.20 Å². The van der Waals surface area contributed by atoms with Crippen molar-refractivity contribution in [3.05, 3.63) is 17.5 Å². The van der Waals surface area contributed by atoms with Crippen molar-refractivity contribution in [1.82, 2.24) is 20.2 Å². The van der Waals surface area contributed by atoms with Crippen LogP contribution in [0.25, 0.3) is 0 Å². The van der Waals surface area contributed by atoms with Crippen molar-refractivity contribution in [2.75, 3.05) is 18.0 Å². The van der Waals surface area contributed by atoms with Crippen molar-refractivity contribution in [2.24, 2.45) is 0 Å². The van der Waals surface area contributed by atoms with Gasteiger partial charge in [0.1, 0.15) is 0 Å². The lowest BCUT2D eigenvalue weighted by atomic mass is 9.79. The molecular weight excluding hydrogens is 342 g/mol. The number of anilines is 1. The first-order chi connectivity index (χ1) is 12.6. The van der Waals surface area contributed by atoms with Gasteiger partial charge in [0.2, 0.25) is 5.95 Å². The van der Waals surface area contributed by atoms with Crippen LogP contribution < -0.4 is 10.2 Å². The van der Waals surface area contributed by atoms with E-state index in [2.05, 4.69) is 42.9 Å². The monoisotopic (exact) mass is 373 g/mol. The number of nitrogens with one attached hydrogen (secondary N) is 1. The Kier molecular flexibility index (Phi) is 4.42. The zero-order valence-corrected chi connectivity index (χ0v) is 16.8. The number of hydrogen-bond acceptors (Lipinski definition) is 6. The predicted octanol–water partition coefficient (Wildman–Crippen LogP) is 1.70. The number of hydrogen-bond donors (Lipinski definition) is 2. The van der Waals surface area contributed by atoms with Crippen molar-refractivity contribution in [2.45, 2.75) is 83.1 Å². The zero-order chi connectivity index (χ0) is 19.4. The molecule has 7 nitrogen and oxygen atoms in total. The third kappa shape index (κ3) is 3.67. The lowest BCUT2D eigenvalue weighted by Crippen LogP contribution is -2.62. The molecule has 148 valence electrons. The van der Waals surface area contributed by atoms with Gasteiger partial charge in [0.05, 0.1) is 23.9 Å². The number of carbonyl (C=O) groups is 1. The van der Waals surface area contributed by atoms with Gasteiger partial charge in [-0.2, -0.15) is 0 Å². The highest BCUT2D eigenvalue weighted by atomic mass is 16.3. The molecule has 3 aliphatic heterocycles. The molecule has 1 aromatic heterocycles. The van der Waals surface area contributed by atoms with E-state index in [-0.39, 0.29) is 29.1 Å². The van der Waals surface area contributed by atoms with E-state index in [0.29, 0.717) is 18.1 Å². The SMILES string of the molecule is CC1(C)CC(N2Cc3nc(N4CCC(O)CC4)ncc3C2=O)CC(C)(C)N1. The van der Waals surface area contributed by atoms with Gasteiger partial charge < -0.3 is 20.2 Å². The summed E-state index contributed by atoms with van der Waals surface area (Å²) in [6.45, 7) is 10.9. The summed E-state index contributed by atoms with van der Waals surface area (Å²) in [4.78, 5) is 26.3. The first-order valence-corrected chi connectivity index (χ1v) is 10.0. The van der Waals surface area contributed by atoms with Gasteiger partial charge in [0.25, 0.3) is 5.91 Å². The molecule has 2 fully saturated rings. The third-order valence-corrected chi connectivity index (χ3v) is 6.02. The van der Waals surface area contributed by atoms with Gasteiger partial charge in [-0.05, 0) is 53.4 Å². The van der Waals surface area contributed by atoms with Crippen molar-refractivity contribution >= 4 is 11.9 Å². The second-order valence-electron chi connectivity index (χ2n) is 9.64. The van der Waals surface area contributed by atoms with Gasteiger partial charge in [0.15, 0.2) is 0 Å². The molecule has 0 aromatic carbocycles. The summed E-state index contributed by atoms with van der Waals surface area (Å²) in [5.74, 6) is 0.741. The third-order valence-electron chi connectivity index (χ3n) is 6.02. The molecule has 27 heavy (non-hydrogen) atoms. The van der Waals surface area contributed by atoms with Gasteiger partial charge in [-0.15, -0.1) is 0 Å². The Morgan fingerprint density at radius 1 is 1.15 bits per heavy atom. The standard InChI is InChI=1S/C20H31N5O2/c1-19(2)9-13(10-20(3,4)23-19)25-12-16-15(17(25)27)11-21-18(22-16)24-7-5-14(26)6-8-24/h11,13-14,23,26H,5-10,12H2,1-4H3. The molecule has 4 rings (SSSR count). The number of aliphatic hydroxyl groups is 1. The predicted molar refractivity (Wildman–Crippen MR) is 104 cm³/mol. The van der Waals surface area contributed by atoms with Crippen molar-refractivity contribution in [3.63, 3.8) is 0 Å². The molecule has 0 aliphatic carbocycles. The maximum absolute atomic E-state index is 13.0. The number of aromatic nitrogens is 2. The van der Waals surface area contributed by atoms with E-state index in [0.717, 1.165) is 44.5 Å². The van der Waals surface area contributed by atoms with E-state index in [4.69, 9.17) is 4.98 Å². The molecule has 0 bridgehead atoms. The number of amides is 1. The molecule has 3 aliphatic rings. The molecule has 7 heteroatoms. The number of rotatable bonds is 2. The number of carbonyl (C=O) groups excluding carboxylic acids is 1. The Labute approximate surface area is 161 Å². The Hall–Kier alpha value is -1.73. The van der Waals surface area contributed by atoms with Crippen LogP contribution in [0.2, 0.25) is 0 Å². The van der Waals surface area contributed by atoms with E-state index in [9.17, 15) is 9.90 Å². The maximum atomic E-state index is 13.0. The summed E-state index contributed by atoms with van der Waals surface area (Å²) >= 11 is 0. The minimum Gasteiger partial charge on any atom is -0.393 e. The summed E-state index contributed by atoms with van der Waals surface area (Å²) in [5, 5.41) is 13.4. The molecule has 0 atom stereocenters. The quantitative estimate of drug-likeness (QED) is 0.821. The van der Waals surface area contributed by atoms with Crippen LogP contribution in [0.3, 0.4) is 0 Å². The Balaban J connectivity index is 1.53. The minimum atomic E-state index is -0.223. The molecule has 0 saturated carbocycles. The average molecular weight is 374 g/mol. The molecule has 1 aromatic rings. The highest BCUT2D eigenvalue weighted by Gasteiger charge is 2.44.